The standard InChI is InChI=1S/C18H28N2O/c1-6-13(4)21-15-9-10-18-16(11-15)17(12-19-7-2)14(5)20(18)8-3/h9-11,13,19H,6-8,12H2,1-5H3/t13-/m1/s1. The van der Waals surface area contributed by atoms with E-state index >= 15 is 0 Å². The molecule has 21 heavy (non-hydrogen) atoms. The van der Waals surface area contributed by atoms with E-state index < -0.39 is 0 Å². The summed E-state index contributed by atoms with van der Waals surface area (Å²) in [7, 11) is 0. The molecule has 0 radical (unpaired) electrons. The average Bonchev–Trinajstić information content (AvgIpc) is 2.75. The van der Waals surface area contributed by atoms with Crippen LogP contribution in [-0.4, -0.2) is 17.2 Å². The molecule has 0 fully saturated rings. The van der Waals surface area contributed by atoms with E-state index in [4.69, 9.17) is 4.74 Å². The summed E-state index contributed by atoms with van der Waals surface area (Å²) in [6, 6.07) is 6.49. The number of hydrogen-bond acceptors (Lipinski definition) is 2. The van der Waals surface area contributed by atoms with E-state index in [1.54, 1.807) is 0 Å². The minimum absolute atomic E-state index is 0.258. The monoisotopic (exact) mass is 288 g/mol. The molecular formula is C18H28N2O. The summed E-state index contributed by atoms with van der Waals surface area (Å²) in [5.74, 6) is 0.975. The van der Waals surface area contributed by atoms with Crippen LogP contribution in [-0.2, 0) is 13.1 Å². The van der Waals surface area contributed by atoms with E-state index in [2.05, 4.69) is 62.7 Å². The van der Waals surface area contributed by atoms with Crippen molar-refractivity contribution in [1.29, 1.82) is 0 Å². The van der Waals surface area contributed by atoms with Crippen LogP contribution in [0.25, 0.3) is 10.9 Å². The fourth-order valence-corrected chi connectivity index (χ4v) is 2.80. The third-order valence-corrected chi connectivity index (χ3v) is 4.21. The van der Waals surface area contributed by atoms with Crippen molar-refractivity contribution in [1.82, 2.24) is 9.88 Å². The zero-order chi connectivity index (χ0) is 15.4. The first kappa shape index (κ1) is 15.9. The van der Waals surface area contributed by atoms with Crippen molar-refractivity contribution in [2.45, 2.75) is 60.2 Å². The van der Waals surface area contributed by atoms with Crippen LogP contribution in [0.5, 0.6) is 5.75 Å². The highest BCUT2D eigenvalue weighted by molar-refractivity contribution is 5.87. The molecule has 0 spiro atoms. The molecule has 0 aliphatic heterocycles. The largest absolute Gasteiger partial charge is 0.491 e. The number of benzene rings is 1. The number of rotatable bonds is 7. The zero-order valence-electron chi connectivity index (χ0n) is 14.0. The maximum absolute atomic E-state index is 5.98. The summed E-state index contributed by atoms with van der Waals surface area (Å²) in [5.41, 5.74) is 4.05. The SMILES string of the molecule is CCNCc1c(C)n(CC)c2ccc(O[C@H](C)CC)cc12. The number of nitrogens with one attached hydrogen (secondary N) is 1. The third-order valence-electron chi connectivity index (χ3n) is 4.21. The summed E-state index contributed by atoms with van der Waals surface area (Å²) >= 11 is 0. The molecular weight excluding hydrogens is 260 g/mol. The Kier molecular flexibility index (Phi) is 5.29. The van der Waals surface area contributed by atoms with Crippen molar-refractivity contribution in [3.8, 4) is 5.75 Å². The number of aromatic nitrogens is 1. The smallest absolute Gasteiger partial charge is 0.120 e. The van der Waals surface area contributed by atoms with Crippen molar-refractivity contribution < 1.29 is 4.74 Å². The Balaban J connectivity index is 2.47. The third kappa shape index (κ3) is 3.24. The number of aryl methyl sites for hydroxylation is 1. The lowest BCUT2D eigenvalue weighted by molar-refractivity contribution is 0.217. The fraction of sp³-hybridized carbons (Fsp3) is 0.556. The van der Waals surface area contributed by atoms with Crippen molar-refractivity contribution in [3.63, 3.8) is 0 Å². The maximum Gasteiger partial charge on any atom is 0.120 e. The van der Waals surface area contributed by atoms with Gasteiger partial charge >= 0.3 is 0 Å². The highest BCUT2D eigenvalue weighted by Crippen LogP contribution is 2.30. The molecule has 0 aliphatic rings. The van der Waals surface area contributed by atoms with Crippen molar-refractivity contribution in [3.05, 3.63) is 29.5 Å². The van der Waals surface area contributed by atoms with Gasteiger partial charge in [-0.3, -0.25) is 0 Å². The second kappa shape index (κ2) is 6.99. The molecule has 1 heterocycles. The first-order valence-corrected chi connectivity index (χ1v) is 8.11. The summed E-state index contributed by atoms with van der Waals surface area (Å²) in [6.45, 7) is 13.7. The second-order valence-electron chi connectivity index (χ2n) is 5.60. The van der Waals surface area contributed by atoms with E-state index in [9.17, 15) is 0 Å². The minimum Gasteiger partial charge on any atom is -0.491 e. The van der Waals surface area contributed by atoms with Crippen LogP contribution < -0.4 is 10.1 Å². The van der Waals surface area contributed by atoms with Gasteiger partial charge in [0.25, 0.3) is 0 Å². The predicted molar refractivity (Wildman–Crippen MR) is 90.1 cm³/mol. The van der Waals surface area contributed by atoms with Gasteiger partial charge in [0.2, 0.25) is 0 Å². The number of fused-ring (bicyclic) bond motifs is 1. The molecule has 1 atom stereocenters. The zero-order valence-corrected chi connectivity index (χ0v) is 14.0. The van der Waals surface area contributed by atoms with Gasteiger partial charge in [-0.1, -0.05) is 13.8 Å². The first-order chi connectivity index (χ1) is 10.1. The summed E-state index contributed by atoms with van der Waals surface area (Å²) in [6.07, 6.45) is 1.28. The second-order valence-corrected chi connectivity index (χ2v) is 5.60. The highest BCUT2D eigenvalue weighted by atomic mass is 16.5. The minimum atomic E-state index is 0.258. The molecule has 0 bridgehead atoms. The maximum atomic E-state index is 5.98. The molecule has 0 saturated carbocycles. The predicted octanol–water partition coefficient (Wildman–Crippen LogP) is 4.26. The molecule has 0 saturated heterocycles. The Morgan fingerprint density at radius 3 is 2.62 bits per heavy atom. The molecule has 0 unspecified atom stereocenters. The Morgan fingerprint density at radius 2 is 2.00 bits per heavy atom. The van der Waals surface area contributed by atoms with Crippen LogP contribution >= 0.6 is 0 Å². The van der Waals surface area contributed by atoms with Gasteiger partial charge in [0.05, 0.1) is 6.10 Å². The Morgan fingerprint density at radius 1 is 1.24 bits per heavy atom. The lowest BCUT2D eigenvalue weighted by Crippen LogP contribution is -2.12. The van der Waals surface area contributed by atoms with Gasteiger partial charge in [0.15, 0.2) is 0 Å². The van der Waals surface area contributed by atoms with E-state index in [0.717, 1.165) is 31.8 Å². The lowest BCUT2D eigenvalue weighted by atomic mass is 10.1. The van der Waals surface area contributed by atoms with Crippen molar-refractivity contribution in [2.24, 2.45) is 0 Å². The molecule has 1 N–H and O–H groups in total. The van der Waals surface area contributed by atoms with E-state index in [1.165, 1.54) is 22.2 Å². The molecule has 1 aromatic heterocycles. The summed E-state index contributed by atoms with van der Waals surface area (Å²) in [4.78, 5) is 0. The topological polar surface area (TPSA) is 26.2 Å². The van der Waals surface area contributed by atoms with E-state index in [-0.39, 0.29) is 6.10 Å². The Hall–Kier alpha value is -1.48. The number of ether oxygens (including phenoxy) is 1. The molecule has 3 heteroatoms. The van der Waals surface area contributed by atoms with Gasteiger partial charge in [-0.15, -0.1) is 0 Å². The quantitative estimate of drug-likeness (QED) is 0.824. The van der Waals surface area contributed by atoms with E-state index in [0.29, 0.717) is 0 Å². The van der Waals surface area contributed by atoms with Gasteiger partial charge < -0.3 is 14.6 Å². The fourth-order valence-electron chi connectivity index (χ4n) is 2.80. The van der Waals surface area contributed by atoms with Crippen LogP contribution in [0.2, 0.25) is 0 Å². The van der Waals surface area contributed by atoms with Gasteiger partial charge in [-0.05, 0) is 57.5 Å². The molecule has 2 aromatic rings. The lowest BCUT2D eigenvalue weighted by Gasteiger charge is -2.13. The Labute approximate surface area is 128 Å². The van der Waals surface area contributed by atoms with Gasteiger partial charge in [0.1, 0.15) is 5.75 Å². The van der Waals surface area contributed by atoms with Crippen molar-refractivity contribution >= 4 is 10.9 Å². The van der Waals surface area contributed by atoms with Crippen LogP contribution in [0.4, 0.5) is 0 Å². The Bertz CT molecular complexity index is 601. The molecule has 2 rings (SSSR count). The molecule has 0 amide bonds. The molecule has 1 aromatic carbocycles. The normalized spacial score (nSPS) is 12.8. The van der Waals surface area contributed by atoms with Crippen LogP contribution in [0.3, 0.4) is 0 Å². The average molecular weight is 288 g/mol. The highest BCUT2D eigenvalue weighted by Gasteiger charge is 2.14. The number of hydrogen-bond donors (Lipinski definition) is 1. The van der Waals surface area contributed by atoms with Gasteiger partial charge in [-0.25, -0.2) is 0 Å². The summed E-state index contributed by atoms with van der Waals surface area (Å²) < 4.78 is 8.37. The van der Waals surface area contributed by atoms with Crippen LogP contribution in [0, 0.1) is 6.92 Å². The molecule has 3 nitrogen and oxygen atoms in total. The van der Waals surface area contributed by atoms with Gasteiger partial charge in [-0.2, -0.15) is 0 Å². The van der Waals surface area contributed by atoms with Crippen LogP contribution in [0.15, 0.2) is 18.2 Å². The molecule has 0 aliphatic carbocycles. The number of nitrogens with zero attached hydrogens (tertiary/aromatic N) is 1. The van der Waals surface area contributed by atoms with Gasteiger partial charge in [0, 0.05) is 29.7 Å². The van der Waals surface area contributed by atoms with Crippen molar-refractivity contribution in [2.75, 3.05) is 6.54 Å². The first-order valence-electron chi connectivity index (χ1n) is 8.11. The molecule has 116 valence electrons. The van der Waals surface area contributed by atoms with Crippen LogP contribution in [0.1, 0.15) is 45.4 Å². The van der Waals surface area contributed by atoms with E-state index in [1.807, 2.05) is 0 Å². The summed E-state index contributed by atoms with van der Waals surface area (Å²) in [5, 5.41) is 4.77.